The summed E-state index contributed by atoms with van der Waals surface area (Å²) in [5.41, 5.74) is 3.73. The number of rotatable bonds is 9. The molecule has 0 spiro atoms. The SMILES string of the molecule is COc1cccc(-c2nccc3ccn(CC(=O)NCCc4ccc(OC)c(OC)c4)c23)c1. The molecule has 2 aromatic heterocycles. The molecule has 170 valence electrons. The number of aromatic nitrogens is 2. The molecule has 7 heteroatoms. The van der Waals surface area contributed by atoms with Gasteiger partial charge in [0.25, 0.3) is 0 Å². The van der Waals surface area contributed by atoms with Gasteiger partial charge in [-0.15, -0.1) is 0 Å². The first-order chi connectivity index (χ1) is 16.1. The van der Waals surface area contributed by atoms with Crippen LogP contribution >= 0.6 is 0 Å². The molecule has 0 radical (unpaired) electrons. The quantitative estimate of drug-likeness (QED) is 0.420. The van der Waals surface area contributed by atoms with Crippen molar-refractivity contribution in [3.8, 4) is 28.5 Å². The van der Waals surface area contributed by atoms with Crippen LogP contribution in [0.25, 0.3) is 22.2 Å². The largest absolute Gasteiger partial charge is 0.497 e. The predicted octanol–water partition coefficient (Wildman–Crippen LogP) is 4.09. The number of ether oxygens (including phenoxy) is 3. The molecule has 0 atom stereocenters. The van der Waals surface area contributed by atoms with Crippen LogP contribution in [0, 0.1) is 0 Å². The van der Waals surface area contributed by atoms with Crippen molar-refractivity contribution in [1.82, 2.24) is 14.9 Å². The molecule has 0 unspecified atom stereocenters. The second-order valence-electron chi connectivity index (χ2n) is 7.56. The van der Waals surface area contributed by atoms with Crippen molar-refractivity contribution in [1.29, 1.82) is 0 Å². The Labute approximate surface area is 192 Å². The number of fused-ring (bicyclic) bond motifs is 1. The smallest absolute Gasteiger partial charge is 0.239 e. The van der Waals surface area contributed by atoms with Gasteiger partial charge in [-0.1, -0.05) is 18.2 Å². The lowest BCUT2D eigenvalue weighted by Gasteiger charge is -2.12. The van der Waals surface area contributed by atoms with E-state index < -0.39 is 0 Å². The second-order valence-corrected chi connectivity index (χ2v) is 7.56. The van der Waals surface area contributed by atoms with E-state index in [0.717, 1.165) is 33.5 Å². The van der Waals surface area contributed by atoms with Crippen LogP contribution in [0.1, 0.15) is 5.56 Å². The molecule has 0 saturated carbocycles. The first-order valence-corrected chi connectivity index (χ1v) is 10.7. The number of hydrogen-bond acceptors (Lipinski definition) is 5. The molecular formula is C26H27N3O4. The van der Waals surface area contributed by atoms with Crippen LogP contribution in [0.2, 0.25) is 0 Å². The summed E-state index contributed by atoms with van der Waals surface area (Å²) in [5.74, 6) is 2.06. The van der Waals surface area contributed by atoms with E-state index in [-0.39, 0.29) is 12.5 Å². The molecule has 0 aliphatic rings. The maximum atomic E-state index is 12.7. The van der Waals surface area contributed by atoms with E-state index in [4.69, 9.17) is 14.2 Å². The molecule has 4 aromatic rings. The molecule has 7 nitrogen and oxygen atoms in total. The summed E-state index contributed by atoms with van der Waals surface area (Å²) >= 11 is 0. The summed E-state index contributed by atoms with van der Waals surface area (Å²) < 4.78 is 17.9. The van der Waals surface area contributed by atoms with Crippen LogP contribution < -0.4 is 19.5 Å². The first kappa shape index (κ1) is 22.2. The Morgan fingerprint density at radius 2 is 1.82 bits per heavy atom. The Balaban J connectivity index is 1.46. The second kappa shape index (κ2) is 10.1. The average molecular weight is 446 g/mol. The van der Waals surface area contributed by atoms with Gasteiger partial charge in [0.15, 0.2) is 11.5 Å². The topological polar surface area (TPSA) is 74.6 Å². The van der Waals surface area contributed by atoms with Crippen LogP contribution in [0.15, 0.2) is 67.0 Å². The molecular weight excluding hydrogens is 418 g/mol. The number of pyridine rings is 1. The minimum Gasteiger partial charge on any atom is -0.497 e. The number of nitrogens with one attached hydrogen (secondary N) is 1. The zero-order chi connectivity index (χ0) is 23.2. The van der Waals surface area contributed by atoms with Crippen LogP contribution in [0.4, 0.5) is 0 Å². The van der Waals surface area contributed by atoms with E-state index in [1.165, 1.54) is 0 Å². The Bertz CT molecular complexity index is 1270. The zero-order valence-corrected chi connectivity index (χ0v) is 19.0. The van der Waals surface area contributed by atoms with Crippen LogP contribution in [0.5, 0.6) is 17.2 Å². The van der Waals surface area contributed by atoms with E-state index >= 15 is 0 Å². The van der Waals surface area contributed by atoms with Gasteiger partial charge < -0.3 is 24.1 Å². The highest BCUT2D eigenvalue weighted by atomic mass is 16.5. The minimum atomic E-state index is -0.0616. The summed E-state index contributed by atoms with van der Waals surface area (Å²) in [6.07, 6.45) is 4.39. The minimum absolute atomic E-state index is 0.0616. The van der Waals surface area contributed by atoms with Crippen molar-refractivity contribution in [3.63, 3.8) is 0 Å². The molecule has 4 rings (SSSR count). The maximum Gasteiger partial charge on any atom is 0.239 e. The fraction of sp³-hybridized carbons (Fsp3) is 0.231. The number of hydrogen-bond donors (Lipinski definition) is 1. The highest BCUT2D eigenvalue weighted by molar-refractivity contribution is 5.93. The molecule has 0 bridgehead atoms. The van der Waals surface area contributed by atoms with Crippen molar-refractivity contribution < 1.29 is 19.0 Å². The van der Waals surface area contributed by atoms with Gasteiger partial charge in [-0.2, -0.15) is 0 Å². The van der Waals surface area contributed by atoms with Gasteiger partial charge >= 0.3 is 0 Å². The van der Waals surface area contributed by atoms with E-state index in [1.54, 1.807) is 27.5 Å². The fourth-order valence-corrected chi connectivity index (χ4v) is 3.86. The van der Waals surface area contributed by atoms with Crippen molar-refractivity contribution in [3.05, 3.63) is 72.6 Å². The Morgan fingerprint density at radius 1 is 0.970 bits per heavy atom. The molecule has 0 aliphatic heterocycles. The Morgan fingerprint density at radius 3 is 2.61 bits per heavy atom. The molecule has 2 aromatic carbocycles. The van der Waals surface area contributed by atoms with Gasteiger partial charge in [0.1, 0.15) is 12.3 Å². The van der Waals surface area contributed by atoms with Gasteiger partial charge in [0.2, 0.25) is 5.91 Å². The summed E-state index contributed by atoms with van der Waals surface area (Å²) in [6.45, 7) is 0.729. The van der Waals surface area contributed by atoms with E-state index in [2.05, 4.69) is 10.3 Å². The highest BCUT2D eigenvalue weighted by Gasteiger charge is 2.13. The number of carbonyl (C=O) groups is 1. The van der Waals surface area contributed by atoms with Gasteiger partial charge in [-0.3, -0.25) is 9.78 Å². The summed E-state index contributed by atoms with van der Waals surface area (Å²) in [7, 11) is 4.86. The van der Waals surface area contributed by atoms with Gasteiger partial charge in [0, 0.05) is 29.9 Å². The third-order valence-electron chi connectivity index (χ3n) is 5.52. The molecule has 1 amide bonds. The molecule has 0 saturated heterocycles. The lowest BCUT2D eigenvalue weighted by molar-refractivity contribution is -0.121. The number of amides is 1. The van der Waals surface area contributed by atoms with Crippen molar-refractivity contribution >= 4 is 16.8 Å². The van der Waals surface area contributed by atoms with E-state index in [1.807, 2.05) is 65.4 Å². The third-order valence-corrected chi connectivity index (χ3v) is 5.52. The number of carbonyl (C=O) groups excluding carboxylic acids is 1. The van der Waals surface area contributed by atoms with Crippen LogP contribution in [-0.2, 0) is 17.8 Å². The zero-order valence-electron chi connectivity index (χ0n) is 19.0. The molecule has 33 heavy (non-hydrogen) atoms. The average Bonchev–Trinajstić information content (AvgIpc) is 3.26. The summed E-state index contributed by atoms with van der Waals surface area (Å²) in [4.78, 5) is 17.3. The normalized spacial score (nSPS) is 10.8. The molecule has 0 aliphatic carbocycles. The van der Waals surface area contributed by atoms with Crippen LogP contribution in [-0.4, -0.2) is 43.3 Å². The van der Waals surface area contributed by atoms with Gasteiger partial charge in [-0.05, 0) is 48.4 Å². The van der Waals surface area contributed by atoms with Gasteiger partial charge in [0.05, 0.1) is 32.5 Å². The van der Waals surface area contributed by atoms with Crippen molar-refractivity contribution in [2.24, 2.45) is 0 Å². The summed E-state index contributed by atoms with van der Waals surface area (Å²) in [6, 6.07) is 17.5. The lowest BCUT2D eigenvalue weighted by atomic mass is 10.1. The van der Waals surface area contributed by atoms with E-state index in [9.17, 15) is 4.79 Å². The Hall–Kier alpha value is -4.00. The first-order valence-electron chi connectivity index (χ1n) is 10.7. The van der Waals surface area contributed by atoms with E-state index in [0.29, 0.717) is 24.5 Å². The predicted molar refractivity (Wildman–Crippen MR) is 128 cm³/mol. The number of methoxy groups -OCH3 is 3. The Kier molecular flexibility index (Phi) is 6.78. The standard InChI is InChI=1S/C26H27N3O4/c1-31-21-6-4-5-20(16-21)25-26-19(10-13-28-25)11-14-29(26)17-24(30)27-12-9-18-7-8-22(32-2)23(15-18)33-3/h4-8,10-11,13-16H,9,12,17H2,1-3H3,(H,27,30). The highest BCUT2D eigenvalue weighted by Crippen LogP contribution is 2.30. The molecule has 1 N–H and O–H groups in total. The fourth-order valence-electron chi connectivity index (χ4n) is 3.86. The molecule has 2 heterocycles. The third kappa shape index (κ3) is 4.92. The summed E-state index contributed by atoms with van der Waals surface area (Å²) in [5, 5.41) is 4.03. The lowest BCUT2D eigenvalue weighted by Crippen LogP contribution is -2.29. The number of nitrogens with zero attached hydrogens (tertiary/aromatic N) is 2. The monoisotopic (exact) mass is 445 g/mol. The van der Waals surface area contributed by atoms with Gasteiger partial charge in [-0.25, -0.2) is 0 Å². The van der Waals surface area contributed by atoms with Crippen molar-refractivity contribution in [2.75, 3.05) is 27.9 Å². The van der Waals surface area contributed by atoms with Crippen molar-refractivity contribution in [2.45, 2.75) is 13.0 Å². The van der Waals surface area contributed by atoms with Crippen LogP contribution in [0.3, 0.4) is 0 Å². The molecule has 0 fully saturated rings. The number of benzene rings is 2. The maximum absolute atomic E-state index is 12.7.